The summed E-state index contributed by atoms with van der Waals surface area (Å²) in [6, 6.07) is 11.5. The quantitative estimate of drug-likeness (QED) is 0.788. The van der Waals surface area contributed by atoms with Gasteiger partial charge in [-0.1, -0.05) is 18.2 Å². The van der Waals surface area contributed by atoms with Crippen molar-refractivity contribution in [1.82, 2.24) is 15.2 Å². The van der Waals surface area contributed by atoms with E-state index in [1.807, 2.05) is 50.2 Å². The predicted molar refractivity (Wildman–Crippen MR) is 93.6 cm³/mol. The Morgan fingerprint density at radius 1 is 1.25 bits per heavy atom. The van der Waals surface area contributed by atoms with Gasteiger partial charge in [-0.05, 0) is 37.6 Å². The van der Waals surface area contributed by atoms with Gasteiger partial charge in [0.25, 0.3) is 0 Å². The van der Waals surface area contributed by atoms with Gasteiger partial charge in [0.1, 0.15) is 11.3 Å². The van der Waals surface area contributed by atoms with Gasteiger partial charge in [0.05, 0.1) is 12.6 Å². The summed E-state index contributed by atoms with van der Waals surface area (Å²) in [5, 5.41) is 4.01. The van der Waals surface area contributed by atoms with Crippen molar-refractivity contribution in [1.29, 1.82) is 0 Å². The van der Waals surface area contributed by atoms with Crippen molar-refractivity contribution >= 4 is 17.0 Å². The van der Waals surface area contributed by atoms with Gasteiger partial charge in [0.15, 0.2) is 0 Å². The maximum absolute atomic E-state index is 12.4. The van der Waals surface area contributed by atoms with Crippen LogP contribution in [0.4, 0.5) is 4.79 Å². The molecule has 0 aliphatic heterocycles. The van der Waals surface area contributed by atoms with E-state index in [9.17, 15) is 4.79 Å². The first-order chi connectivity index (χ1) is 11.6. The average Bonchev–Trinajstić information content (AvgIpc) is 2.95. The number of carbonyl (C=O) groups excluding carboxylic acids is 1. The standard InChI is InChI=1S/C19H21N3O2/c1-13-16-6-4-5-7-17(16)24-18(13)12-21-19(23)22(3)14(2)15-8-10-20-11-9-15/h4-11,14H,12H2,1-3H3,(H,21,23). The molecule has 1 N–H and O–H groups in total. The highest BCUT2D eigenvalue weighted by Gasteiger charge is 2.18. The number of rotatable bonds is 4. The number of furan rings is 1. The molecule has 3 aromatic rings. The van der Waals surface area contributed by atoms with E-state index in [2.05, 4.69) is 10.3 Å². The number of nitrogens with one attached hydrogen (secondary N) is 1. The van der Waals surface area contributed by atoms with Gasteiger partial charge in [0.2, 0.25) is 0 Å². The number of fused-ring (bicyclic) bond motifs is 1. The molecule has 0 aliphatic carbocycles. The van der Waals surface area contributed by atoms with E-state index in [1.165, 1.54) is 0 Å². The molecule has 0 saturated heterocycles. The first-order valence-corrected chi connectivity index (χ1v) is 7.95. The summed E-state index contributed by atoms with van der Waals surface area (Å²) in [6.07, 6.45) is 3.46. The van der Waals surface area contributed by atoms with Crippen LogP contribution in [0.1, 0.15) is 29.9 Å². The van der Waals surface area contributed by atoms with E-state index >= 15 is 0 Å². The lowest BCUT2D eigenvalue weighted by atomic mass is 10.1. The summed E-state index contributed by atoms with van der Waals surface area (Å²) in [4.78, 5) is 18.1. The van der Waals surface area contributed by atoms with E-state index in [0.717, 1.165) is 27.9 Å². The summed E-state index contributed by atoms with van der Waals surface area (Å²) in [5.74, 6) is 0.787. The van der Waals surface area contributed by atoms with Crippen LogP contribution < -0.4 is 5.32 Å². The Morgan fingerprint density at radius 3 is 2.67 bits per heavy atom. The highest BCUT2D eigenvalue weighted by atomic mass is 16.3. The summed E-state index contributed by atoms with van der Waals surface area (Å²) in [7, 11) is 1.78. The van der Waals surface area contributed by atoms with Crippen molar-refractivity contribution in [3.05, 3.63) is 65.7 Å². The summed E-state index contributed by atoms with van der Waals surface area (Å²) in [5.41, 5.74) is 2.95. The Bertz CT molecular complexity index is 842. The molecule has 1 unspecified atom stereocenters. The van der Waals surface area contributed by atoms with Crippen molar-refractivity contribution in [2.75, 3.05) is 7.05 Å². The summed E-state index contributed by atoms with van der Waals surface area (Å²) >= 11 is 0. The number of para-hydroxylation sites is 1. The molecule has 2 aromatic heterocycles. The number of nitrogens with zero attached hydrogens (tertiary/aromatic N) is 2. The minimum Gasteiger partial charge on any atom is -0.459 e. The number of amides is 2. The number of aromatic nitrogens is 1. The van der Waals surface area contributed by atoms with Crippen LogP contribution in [0.2, 0.25) is 0 Å². The third kappa shape index (κ3) is 3.11. The number of hydrogen-bond donors (Lipinski definition) is 1. The maximum Gasteiger partial charge on any atom is 0.318 e. The van der Waals surface area contributed by atoms with Gasteiger partial charge in [-0.25, -0.2) is 4.79 Å². The molecule has 3 rings (SSSR count). The Kier molecular flexibility index (Phi) is 4.51. The molecule has 0 spiro atoms. The predicted octanol–water partition coefficient (Wildman–Crippen LogP) is 4.04. The Hall–Kier alpha value is -2.82. The van der Waals surface area contributed by atoms with Crippen molar-refractivity contribution in [3.8, 4) is 0 Å². The van der Waals surface area contributed by atoms with Gasteiger partial charge in [-0.15, -0.1) is 0 Å². The van der Waals surface area contributed by atoms with Crippen LogP contribution in [0.3, 0.4) is 0 Å². The molecular formula is C19H21N3O2. The molecule has 5 heteroatoms. The monoisotopic (exact) mass is 323 g/mol. The molecule has 24 heavy (non-hydrogen) atoms. The van der Waals surface area contributed by atoms with Crippen molar-refractivity contribution in [2.24, 2.45) is 0 Å². The van der Waals surface area contributed by atoms with Gasteiger partial charge in [-0.2, -0.15) is 0 Å². The number of pyridine rings is 1. The lowest BCUT2D eigenvalue weighted by Crippen LogP contribution is -2.38. The fraction of sp³-hybridized carbons (Fsp3) is 0.263. The fourth-order valence-electron chi connectivity index (χ4n) is 2.72. The summed E-state index contributed by atoms with van der Waals surface area (Å²) in [6.45, 7) is 4.37. The molecular weight excluding hydrogens is 302 g/mol. The molecule has 1 atom stereocenters. The second-order valence-corrected chi connectivity index (χ2v) is 5.87. The molecule has 0 bridgehead atoms. The van der Waals surface area contributed by atoms with Gasteiger partial charge >= 0.3 is 6.03 Å². The second kappa shape index (κ2) is 6.74. The maximum atomic E-state index is 12.4. The largest absolute Gasteiger partial charge is 0.459 e. The van der Waals surface area contributed by atoms with E-state index in [4.69, 9.17) is 4.42 Å². The topological polar surface area (TPSA) is 58.4 Å². The van der Waals surface area contributed by atoms with E-state index < -0.39 is 0 Å². The number of aryl methyl sites for hydroxylation is 1. The SMILES string of the molecule is Cc1c(CNC(=O)N(C)C(C)c2ccncc2)oc2ccccc12. The minimum atomic E-state index is -0.140. The third-order valence-electron chi connectivity index (χ3n) is 4.43. The lowest BCUT2D eigenvalue weighted by molar-refractivity contribution is 0.193. The zero-order valence-electron chi connectivity index (χ0n) is 14.1. The average molecular weight is 323 g/mol. The van der Waals surface area contributed by atoms with E-state index in [0.29, 0.717) is 6.54 Å². The first kappa shape index (κ1) is 16.1. The lowest BCUT2D eigenvalue weighted by Gasteiger charge is -2.25. The van der Waals surface area contributed by atoms with Crippen LogP contribution in [-0.4, -0.2) is 23.0 Å². The highest BCUT2D eigenvalue weighted by Crippen LogP contribution is 2.25. The molecule has 2 heterocycles. The van der Waals surface area contributed by atoms with Crippen LogP contribution in [0.15, 0.2) is 53.2 Å². The molecule has 0 saturated carbocycles. The summed E-state index contributed by atoms with van der Waals surface area (Å²) < 4.78 is 5.83. The molecule has 0 aliphatic rings. The molecule has 2 amide bonds. The molecule has 1 aromatic carbocycles. The van der Waals surface area contributed by atoms with Crippen LogP contribution >= 0.6 is 0 Å². The zero-order valence-corrected chi connectivity index (χ0v) is 14.1. The normalized spacial score (nSPS) is 12.1. The van der Waals surface area contributed by atoms with Gasteiger partial charge < -0.3 is 14.6 Å². The highest BCUT2D eigenvalue weighted by molar-refractivity contribution is 5.82. The molecule has 5 nitrogen and oxygen atoms in total. The van der Waals surface area contributed by atoms with Gasteiger partial charge in [-0.3, -0.25) is 4.98 Å². The zero-order chi connectivity index (χ0) is 17.1. The van der Waals surface area contributed by atoms with Crippen LogP contribution in [0.5, 0.6) is 0 Å². The Labute approximate surface area is 141 Å². The van der Waals surface area contributed by atoms with Crippen molar-refractivity contribution < 1.29 is 9.21 Å². The van der Waals surface area contributed by atoms with Crippen LogP contribution in [0, 0.1) is 6.92 Å². The number of benzene rings is 1. The molecule has 0 radical (unpaired) electrons. The Morgan fingerprint density at radius 2 is 1.96 bits per heavy atom. The minimum absolute atomic E-state index is 0.0372. The number of urea groups is 1. The Balaban J connectivity index is 1.67. The fourth-order valence-corrected chi connectivity index (χ4v) is 2.72. The second-order valence-electron chi connectivity index (χ2n) is 5.87. The van der Waals surface area contributed by atoms with E-state index in [1.54, 1.807) is 24.3 Å². The number of hydrogen-bond acceptors (Lipinski definition) is 3. The van der Waals surface area contributed by atoms with Crippen molar-refractivity contribution in [2.45, 2.75) is 26.4 Å². The van der Waals surface area contributed by atoms with E-state index in [-0.39, 0.29) is 12.1 Å². The molecule has 0 fully saturated rings. The third-order valence-corrected chi connectivity index (χ3v) is 4.43. The molecule has 124 valence electrons. The van der Waals surface area contributed by atoms with Crippen LogP contribution in [0.25, 0.3) is 11.0 Å². The van der Waals surface area contributed by atoms with Crippen molar-refractivity contribution in [3.63, 3.8) is 0 Å². The first-order valence-electron chi connectivity index (χ1n) is 7.95. The van der Waals surface area contributed by atoms with Gasteiger partial charge in [0, 0.05) is 30.4 Å². The number of carbonyl (C=O) groups is 1. The van der Waals surface area contributed by atoms with Crippen LogP contribution in [-0.2, 0) is 6.54 Å². The smallest absolute Gasteiger partial charge is 0.318 e.